The van der Waals surface area contributed by atoms with Crippen LogP contribution in [0.3, 0.4) is 0 Å². The molecule has 1 aliphatic rings. The minimum atomic E-state index is -3.56. The Labute approximate surface area is 191 Å². The Morgan fingerprint density at radius 3 is 2.41 bits per heavy atom. The molecule has 1 saturated heterocycles. The minimum absolute atomic E-state index is 0.0702. The molecule has 0 radical (unpaired) electrons. The number of nitro groups is 1. The molecule has 0 bridgehead atoms. The van der Waals surface area contributed by atoms with Crippen LogP contribution in [0.2, 0.25) is 5.02 Å². The number of anilines is 1. The highest BCUT2D eigenvalue weighted by Crippen LogP contribution is 2.27. The Morgan fingerprint density at radius 1 is 1.16 bits per heavy atom. The van der Waals surface area contributed by atoms with Gasteiger partial charge >= 0.3 is 0 Å². The molecule has 0 aromatic heterocycles. The van der Waals surface area contributed by atoms with E-state index in [0.717, 1.165) is 5.56 Å². The molecule has 1 aliphatic heterocycles. The van der Waals surface area contributed by atoms with E-state index in [-0.39, 0.29) is 35.4 Å². The molecule has 11 heteroatoms. The van der Waals surface area contributed by atoms with Gasteiger partial charge in [-0.1, -0.05) is 41.9 Å². The summed E-state index contributed by atoms with van der Waals surface area (Å²) in [6, 6.07) is 12.5. The average molecular weight is 479 g/mol. The molecule has 1 fully saturated rings. The van der Waals surface area contributed by atoms with Crippen LogP contribution in [0.5, 0.6) is 0 Å². The molecule has 0 saturated carbocycles. The largest absolute Gasteiger partial charge is 0.323 e. The predicted octanol–water partition coefficient (Wildman–Crippen LogP) is 3.19. The van der Waals surface area contributed by atoms with Gasteiger partial charge in [0.1, 0.15) is 0 Å². The lowest BCUT2D eigenvalue weighted by Crippen LogP contribution is -2.53. The van der Waals surface area contributed by atoms with Gasteiger partial charge in [-0.15, -0.1) is 0 Å². The molecular formula is C21H23ClN4O5S. The lowest BCUT2D eigenvalue weighted by atomic mass is 10.2. The van der Waals surface area contributed by atoms with E-state index < -0.39 is 21.0 Å². The van der Waals surface area contributed by atoms with Crippen LogP contribution in [0.15, 0.2) is 53.9 Å². The number of rotatable bonds is 7. The maximum atomic E-state index is 12.6. The Bertz CT molecular complexity index is 1120. The van der Waals surface area contributed by atoms with Crippen molar-refractivity contribution in [3.8, 4) is 0 Å². The molecule has 9 nitrogen and oxygen atoms in total. The summed E-state index contributed by atoms with van der Waals surface area (Å²) in [5.74, 6) is -0.332. The lowest BCUT2D eigenvalue weighted by molar-refractivity contribution is -0.384. The van der Waals surface area contributed by atoms with Gasteiger partial charge in [0.05, 0.1) is 21.7 Å². The van der Waals surface area contributed by atoms with Crippen LogP contribution in [0.1, 0.15) is 12.5 Å². The first-order valence-electron chi connectivity index (χ1n) is 9.89. The molecule has 1 amide bonds. The van der Waals surface area contributed by atoms with Gasteiger partial charge < -0.3 is 5.32 Å². The number of hydrogen-bond donors (Lipinski definition) is 1. The molecule has 0 aliphatic carbocycles. The van der Waals surface area contributed by atoms with E-state index in [4.69, 9.17) is 11.6 Å². The van der Waals surface area contributed by atoms with Gasteiger partial charge in [-0.05, 0) is 24.6 Å². The second kappa shape index (κ2) is 10.2. The highest BCUT2D eigenvalue weighted by atomic mass is 35.5. The van der Waals surface area contributed by atoms with E-state index in [1.165, 1.54) is 27.9 Å². The summed E-state index contributed by atoms with van der Waals surface area (Å²) in [6.45, 7) is 3.02. The number of non-ortho nitro benzene ring substituents is 1. The van der Waals surface area contributed by atoms with E-state index in [1.807, 2.05) is 35.2 Å². The highest BCUT2D eigenvalue weighted by molar-refractivity contribution is 7.92. The molecule has 1 N–H and O–H groups in total. The molecule has 1 unspecified atom stereocenters. The zero-order chi connectivity index (χ0) is 23.3. The monoisotopic (exact) mass is 478 g/mol. The summed E-state index contributed by atoms with van der Waals surface area (Å²) < 4.78 is 26.6. The summed E-state index contributed by atoms with van der Waals surface area (Å²) in [7, 11) is -3.56. The van der Waals surface area contributed by atoms with Crippen molar-refractivity contribution in [3.05, 3.63) is 74.6 Å². The number of hydrogen-bond acceptors (Lipinski definition) is 6. The Kier molecular flexibility index (Phi) is 7.62. The van der Waals surface area contributed by atoms with Crippen LogP contribution in [0.4, 0.5) is 11.4 Å². The van der Waals surface area contributed by atoms with Crippen molar-refractivity contribution in [3.63, 3.8) is 0 Å². The zero-order valence-electron chi connectivity index (χ0n) is 17.3. The van der Waals surface area contributed by atoms with Gasteiger partial charge in [0, 0.05) is 43.7 Å². The van der Waals surface area contributed by atoms with Crippen LogP contribution in [0, 0.1) is 10.1 Å². The van der Waals surface area contributed by atoms with Crippen molar-refractivity contribution in [2.75, 3.05) is 31.5 Å². The fourth-order valence-electron chi connectivity index (χ4n) is 3.28. The first-order chi connectivity index (χ1) is 15.2. The maximum absolute atomic E-state index is 12.6. The van der Waals surface area contributed by atoms with Crippen LogP contribution in [-0.4, -0.2) is 60.7 Å². The third-order valence-corrected chi connectivity index (χ3v) is 7.09. The summed E-state index contributed by atoms with van der Waals surface area (Å²) in [5.41, 5.74) is 0.908. The van der Waals surface area contributed by atoms with E-state index in [9.17, 15) is 23.3 Å². The number of nitrogens with one attached hydrogen (secondary N) is 1. The van der Waals surface area contributed by atoms with Crippen LogP contribution in [-0.2, 0) is 14.8 Å². The normalized spacial score (nSPS) is 16.7. The molecule has 0 spiro atoms. The van der Waals surface area contributed by atoms with Crippen molar-refractivity contribution in [1.82, 2.24) is 9.21 Å². The number of benzene rings is 2. The minimum Gasteiger partial charge on any atom is -0.323 e. The summed E-state index contributed by atoms with van der Waals surface area (Å²) in [4.78, 5) is 24.8. The quantitative estimate of drug-likeness (QED) is 0.483. The predicted molar refractivity (Wildman–Crippen MR) is 124 cm³/mol. The third-order valence-electron chi connectivity index (χ3n) is 5.21. The van der Waals surface area contributed by atoms with Gasteiger partial charge in [0.25, 0.3) is 5.69 Å². The van der Waals surface area contributed by atoms with E-state index >= 15 is 0 Å². The van der Waals surface area contributed by atoms with Crippen LogP contribution in [0.25, 0.3) is 6.08 Å². The van der Waals surface area contributed by atoms with Gasteiger partial charge in [-0.25, -0.2) is 8.42 Å². The Morgan fingerprint density at radius 2 is 1.81 bits per heavy atom. The Hall–Kier alpha value is -2.79. The second-order valence-electron chi connectivity index (χ2n) is 7.28. The standard InChI is InChI=1S/C21H23ClN4O5S/c1-16(21(27)23-20-8-7-18(26(28)29)15-19(20)22)24-10-12-25(13-11-24)32(30,31)14-9-17-5-3-2-4-6-17/h2-9,14-16H,10-13H2,1H3,(H,23,27)/b14-9+. The number of sulfonamides is 1. The number of piperazine rings is 1. The molecule has 1 heterocycles. The summed E-state index contributed by atoms with van der Waals surface area (Å²) >= 11 is 6.04. The topological polar surface area (TPSA) is 113 Å². The zero-order valence-corrected chi connectivity index (χ0v) is 18.9. The molecular weight excluding hydrogens is 456 g/mol. The van der Waals surface area contributed by atoms with E-state index in [1.54, 1.807) is 13.0 Å². The number of nitro benzene ring substituents is 1. The number of halogens is 1. The summed E-state index contributed by atoms with van der Waals surface area (Å²) in [5, 5.41) is 14.8. The molecule has 170 valence electrons. The van der Waals surface area contributed by atoms with Crippen molar-refractivity contribution in [2.24, 2.45) is 0 Å². The number of carbonyl (C=O) groups excluding carboxylic acids is 1. The fraction of sp³-hybridized carbons (Fsp3) is 0.286. The first-order valence-corrected chi connectivity index (χ1v) is 11.8. The van der Waals surface area contributed by atoms with Crippen molar-refractivity contribution < 1.29 is 18.1 Å². The second-order valence-corrected chi connectivity index (χ2v) is 9.51. The number of carbonyl (C=O) groups is 1. The molecule has 1 atom stereocenters. The van der Waals surface area contributed by atoms with Crippen molar-refractivity contribution in [2.45, 2.75) is 13.0 Å². The average Bonchev–Trinajstić information content (AvgIpc) is 2.79. The maximum Gasteiger partial charge on any atom is 0.271 e. The lowest BCUT2D eigenvalue weighted by Gasteiger charge is -2.36. The highest BCUT2D eigenvalue weighted by Gasteiger charge is 2.30. The number of nitrogens with zero attached hydrogens (tertiary/aromatic N) is 3. The van der Waals surface area contributed by atoms with Gasteiger partial charge in [0.2, 0.25) is 15.9 Å². The van der Waals surface area contributed by atoms with Gasteiger partial charge in [-0.2, -0.15) is 4.31 Å². The SMILES string of the molecule is CC(C(=O)Nc1ccc([N+](=O)[O-])cc1Cl)N1CCN(S(=O)(=O)/C=C/c2ccccc2)CC1. The third kappa shape index (κ3) is 5.92. The molecule has 2 aromatic carbocycles. The van der Waals surface area contributed by atoms with Crippen LogP contribution >= 0.6 is 11.6 Å². The van der Waals surface area contributed by atoms with Crippen molar-refractivity contribution >= 4 is 45.0 Å². The van der Waals surface area contributed by atoms with Crippen LogP contribution < -0.4 is 5.32 Å². The van der Waals surface area contributed by atoms with E-state index in [2.05, 4.69) is 5.32 Å². The fourth-order valence-corrected chi connectivity index (χ4v) is 4.68. The smallest absolute Gasteiger partial charge is 0.271 e. The van der Waals surface area contributed by atoms with E-state index in [0.29, 0.717) is 13.1 Å². The first kappa shape index (κ1) is 23.9. The number of amides is 1. The molecule has 32 heavy (non-hydrogen) atoms. The summed E-state index contributed by atoms with van der Waals surface area (Å²) in [6.07, 6.45) is 1.56. The molecule has 2 aromatic rings. The molecule has 3 rings (SSSR count). The Balaban J connectivity index is 1.56. The van der Waals surface area contributed by atoms with Crippen molar-refractivity contribution in [1.29, 1.82) is 0 Å². The van der Waals surface area contributed by atoms with Gasteiger partial charge in [0.15, 0.2) is 0 Å². The van der Waals surface area contributed by atoms with Gasteiger partial charge in [-0.3, -0.25) is 19.8 Å².